The Bertz CT molecular complexity index is 562. The van der Waals surface area contributed by atoms with Gasteiger partial charge in [-0.25, -0.2) is 13.1 Å². The van der Waals surface area contributed by atoms with E-state index in [4.69, 9.17) is 5.73 Å². The molecule has 0 spiro atoms. The second-order valence-electron chi connectivity index (χ2n) is 5.67. The number of nitrogens with one attached hydrogen (secondary N) is 1. The van der Waals surface area contributed by atoms with Gasteiger partial charge in [0.25, 0.3) is 0 Å². The molecule has 0 unspecified atom stereocenters. The van der Waals surface area contributed by atoms with Gasteiger partial charge in [0.15, 0.2) is 0 Å². The minimum Gasteiger partial charge on any atom is -0.399 e. The van der Waals surface area contributed by atoms with E-state index in [1.165, 1.54) is 0 Å². The van der Waals surface area contributed by atoms with Crippen molar-refractivity contribution in [2.45, 2.75) is 45.4 Å². The largest absolute Gasteiger partial charge is 0.399 e. The standard InChI is InChI=1S/C15H26N2O3S/c1-5-15(6-2,10-18)9-17-21(19,20)14-11(3)7-13(16)8-12(14)4/h7-8,17-18H,5-6,9-10,16H2,1-4H3. The molecule has 21 heavy (non-hydrogen) atoms. The van der Waals surface area contributed by atoms with Gasteiger partial charge in [-0.15, -0.1) is 0 Å². The summed E-state index contributed by atoms with van der Waals surface area (Å²) in [6, 6.07) is 3.31. The van der Waals surface area contributed by atoms with Gasteiger partial charge in [0, 0.05) is 24.3 Å². The molecule has 120 valence electrons. The second-order valence-corrected chi connectivity index (χ2v) is 7.38. The van der Waals surface area contributed by atoms with Crippen molar-refractivity contribution in [3.63, 3.8) is 0 Å². The van der Waals surface area contributed by atoms with Crippen LogP contribution < -0.4 is 10.5 Å². The zero-order valence-electron chi connectivity index (χ0n) is 13.2. The number of nitrogen functional groups attached to an aromatic ring is 1. The van der Waals surface area contributed by atoms with E-state index in [0.717, 1.165) is 0 Å². The first-order chi connectivity index (χ1) is 9.71. The van der Waals surface area contributed by atoms with E-state index in [2.05, 4.69) is 4.72 Å². The van der Waals surface area contributed by atoms with E-state index in [9.17, 15) is 13.5 Å². The van der Waals surface area contributed by atoms with Crippen LogP contribution in [0, 0.1) is 19.3 Å². The molecule has 0 aliphatic heterocycles. The average Bonchev–Trinajstić information content (AvgIpc) is 2.39. The normalized spacial score (nSPS) is 12.6. The van der Waals surface area contributed by atoms with Gasteiger partial charge in [0.2, 0.25) is 10.0 Å². The summed E-state index contributed by atoms with van der Waals surface area (Å²) in [6.45, 7) is 7.56. The van der Waals surface area contributed by atoms with E-state index in [1.54, 1.807) is 26.0 Å². The molecule has 0 radical (unpaired) electrons. The molecule has 0 aliphatic rings. The van der Waals surface area contributed by atoms with Crippen LogP contribution in [0.3, 0.4) is 0 Å². The van der Waals surface area contributed by atoms with E-state index in [0.29, 0.717) is 29.7 Å². The maximum Gasteiger partial charge on any atom is 0.241 e. The predicted molar refractivity (Wildman–Crippen MR) is 85.6 cm³/mol. The highest BCUT2D eigenvalue weighted by atomic mass is 32.2. The zero-order chi connectivity index (χ0) is 16.3. The Morgan fingerprint density at radius 3 is 2.05 bits per heavy atom. The molecule has 0 aromatic heterocycles. The molecule has 4 N–H and O–H groups in total. The first-order valence-corrected chi connectivity index (χ1v) is 8.67. The number of aliphatic hydroxyl groups is 1. The van der Waals surface area contributed by atoms with E-state index >= 15 is 0 Å². The minimum absolute atomic E-state index is 0.0395. The molecule has 0 atom stereocenters. The van der Waals surface area contributed by atoms with Crippen molar-refractivity contribution in [2.75, 3.05) is 18.9 Å². The molecule has 0 amide bonds. The quantitative estimate of drug-likeness (QED) is 0.671. The Hall–Kier alpha value is -1.11. The lowest BCUT2D eigenvalue weighted by molar-refractivity contribution is 0.119. The third-order valence-corrected chi connectivity index (χ3v) is 5.93. The molecular formula is C15H26N2O3S. The maximum absolute atomic E-state index is 12.5. The summed E-state index contributed by atoms with van der Waals surface area (Å²) in [5.41, 5.74) is 7.12. The Kier molecular flexibility index (Phi) is 5.78. The van der Waals surface area contributed by atoms with Crippen LogP contribution in [-0.2, 0) is 10.0 Å². The Balaban J connectivity index is 3.09. The molecule has 5 nitrogen and oxygen atoms in total. The number of sulfonamides is 1. The van der Waals surface area contributed by atoms with Crippen molar-refractivity contribution in [2.24, 2.45) is 5.41 Å². The van der Waals surface area contributed by atoms with Crippen molar-refractivity contribution in [1.29, 1.82) is 0 Å². The number of aliphatic hydroxyl groups excluding tert-OH is 1. The molecule has 0 aliphatic carbocycles. The number of nitrogens with two attached hydrogens (primary N) is 1. The van der Waals surface area contributed by atoms with Crippen LogP contribution in [0.5, 0.6) is 0 Å². The topological polar surface area (TPSA) is 92.4 Å². The number of hydrogen-bond donors (Lipinski definition) is 3. The van der Waals surface area contributed by atoms with Crippen molar-refractivity contribution < 1.29 is 13.5 Å². The van der Waals surface area contributed by atoms with Crippen LogP contribution >= 0.6 is 0 Å². The fraction of sp³-hybridized carbons (Fsp3) is 0.600. The fourth-order valence-corrected chi connectivity index (χ4v) is 4.11. The van der Waals surface area contributed by atoms with Gasteiger partial charge in [-0.1, -0.05) is 13.8 Å². The molecule has 0 fully saturated rings. The summed E-state index contributed by atoms with van der Waals surface area (Å²) >= 11 is 0. The highest BCUT2D eigenvalue weighted by molar-refractivity contribution is 7.89. The smallest absolute Gasteiger partial charge is 0.241 e. The predicted octanol–water partition coefficient (Wildman–Crippen LogP) is 1.96. The Morgan fingerprint density at radius 1 is 1.19 bits per heavy atom. The van der Waals surface area contributed by atoms with Crippen LogP contribution in [-0.4, -0.2) is 26.7 Å². The number of rotatable bonds is 7. The lowest BCUT2D eigenvalue weighted by Gasteiger charge is -2.29. The Morgan fingerprint density at radius 2 is 1.67 bits per heavy atom. The van der Waals surface area contributed by atoms with Gasteiger partial charge in [0.1, 0.15) is 0 Å². The van der Waals surface area contributed by atoms with E-state index < -0.39 is 15.4 Å². The average molecular weight is 314 g/mol. The molecule has 0 heterocycles. The van der Waals surface area contributed by atoms with Crippen molar-refractivity contribution in [3.05, 3.63) is 23.3 Å². The molecule has 0 saturated carbocycles. The third-order valence-electron chi connectivity index (χ3n) is 4.22. The molecule has 0 bridgehead atoms. The van der Waals surface area contributed by atoms with Gasteiger partial charge in [-0.3, -0.25) is 0 Å². The highest BCUT2D eigenvalue weighted by Gasteiger charge is 2.29. The fourth-order valence-electron chi connectivity index (χ4n) is 2.51. The van der Waals surface area contributed by atoms with Crippen molar-refractivity contribution in [1.82, 2.24) is 4.72 Å². The molecule has 1 aromatic rings. The zero-order valence-corrected chi connectivity index (χ0v) is 14.0. The number of anilines is 1. The van der Waals surface area contributed by atoms with Crippen LogP contribution in [0.2, 0.25) is 0 Å². The van der Waals surface area contributed by atoms with Crippen molar-refractivity contribution >= 4 is 15.7 Å². The molecule has 1 aromatic carbocycles. The summed E-state index contributed by atoms with van der Waals surface area (Å²) in [5, 5.41) is 9.54. The molecular weight excluding hydrogens is 288 g/mol. The van der Waals surface area contributed by atoms with Gasteiger partial charge in [-0.2, -0.15) is 0 Å². The molecule has 6 heteroatoms. The SMILES string of the molecule is CCC(CC)(CO)CNS(=O)(=O)c1c(C)cc(N)cc1C. The summed E-state index contributed by atoms with van der Waals surface area (Å²) in [7, 11) is -3.62. The number of hydrogen-bond acceptors (Lipinski definition) is 4. The molecule has 0 saturated heterocycles. The lowest BCUT2D eigenvalue weighted by Crippen LogP contribution is -2.39. The monoisotopic (exact) mass is 314 g/mol. The lowest BCUT2D eigenvalue weighted by atomic mass is 9.84. The van der Waals surface area contributed by atoms with Gasteiger partial charge >= 0.3 is 0 Å². The highest BCUT2D eigenvalue weighted by Crippen LogP contribution is 2.27. The molecule has 1 rings (SSSR count). The number of aryl methyl sites for hydroxylation is 2. The third kappa shape index (κ3) is 3.96. The van der Waals surface area contributed by atoms with Gasteiger partial charge < -0.3 is 10.8 Å². The summed E-state index contributed by atoms with van der Waals surface area (Å²) in [4.78, 5) is 0.274. The first kappa shape index (κ1) is 17.9. The second kappa shape index (κ2) is 6.77. The summed E-state index contributed by atoms with van der Waals surface area (Å²) in [6.07, 6.45) is 1.42. The van der Waals surface area contributed by atoms with Crippen LogP contribution in [0.4, 0.5) is 5.69 Å². The van der Waals surface area contributed by atoms with E-state index in [1.807, 2.05) is 13.8 Å². The van der Waals surface area contributed by atoms with E-state index in [-0.39, 0.29) is 18.0 Å². The van der Waals surface area contributed by atoms with Crippen LogP contribution in [0.25, 0.3) is 0 Å². The van der Waals surface area contributed by atoms with Crippen LogP contribution in [0.1, 0.15) is 37.8 Å². The minimum atomic E-state index is -3.62. The van der Waals surface area contributed by atoms with Gasteiger partial charge in [0.05, 0.1) is 4.90 Å². The van der Waals surface area contributed by atoms with Gasteiger partial charge in [-0.05, 0) is 49.9 Å². The first-order valence-electron chi connectivity index (χ1n) is 7.18. The number of benzene rings is 1. The summed E-state index contributed by atoms with van der Waals surface area (Å²) in [5.74, 6) is 0. The van der Waals surface area contributed by atoms with Crippen molar-refractivity contribution in [3.8, 4) is 0 Å². The maximum atomic E-state index is 12.5. The Labute approximate surface area is 127 Å². The summed E-state index contributed by atoms with van der Waals surface area (Å²) < 4.78 is 27.7. The van der Waals surface area contributed by atoms with Crippen LogP contribution in [0.15, 0.2) is 17.0 Å².